The highest BCUT2D eigenvalue weighted by atomic mass is 16.2. The second-order valence-corrected chi connectivity index (χ2v) is 3.79. The zero-order valence-corrected chi connectivity index (χ0v) is 8.73. The van der Waals surface area contributed by atoms with Gasteiger partial charge in [0.2, 0.25) is 5.91 Å². The number of rotatable bonds is 5. The van der Waals surface area contributed by atoms with E-state index in [0.717, 1.165) is 18.5 Å². The van der Waals surface area contributed by atoms with Crippen LogP contribution in [-0.2, 0) is 18.4 Å². The Balaban J connectivity index is 1.65. The van der Waals surface area contributed by atoms with E-state index in [-0.39, 0.29) is 5.91 Å². The molecule has 82 valence electrons. The molecule has 1 aliphatic rings. The molecule has 2 N–H and O–H groups in total. The number of hydrogen-bond acceptors (Lipinski definition) is 4. The lowest BCUT2D eigenvalue weighted by Crippen LogP contribution is -2.35. The van der Waals surface area contributed by atoms with Crippen LogP contribution in [0.4, 0.5) is 0 Å². The molecule has 0 aromatic carbocycles. The Morgan fingerprint density at radius 1 is 1.67 bits per heavy atom. The van der Waals surface area contributed by atoms with Crippen molar-refractivity contribution in [2.45, 2.75) is 25.4 Å². The highest BCUT2D eigenvalue weighted by molar-refractivity contribution is 5.78. The van der Waals surface area contributed by atoms with Crippen LogP contribution in [0.2, 0.25) is 0 Å². The van der Waals surface area contributed by atoms with Crippen molar-refractivity contribution in [3.63, 3.8) is 0 Å². The smallest absolute Gasteiger partial charge is 0.234 e. The van der Waals surface area contributed by atoms with Gasteiger partial charge in [-0.15, -0.1) is 5.10 Å². The number of hydrogen-bond donors (Lipinski definition) is 2. The van der Waals surface area contributed by atoms with Gasteiger partial charge in [-0.05, 0) is 12.8 Å². The summed E-state index contributed by atoms with van der Waals surface area (Å²) >= 11 is 0. The van der Waals surface area contributed by atoms with Gasteiger partial charge in [0.05, 0.1) is 18.4 Å². The van der Waals surface area contributed by atoms with Gasteiger partial charge in [0.25, 0.3) is 0 Å². The molecule has 1 heterocycles. The van der Waals surface area contributed by atoms with Crippen molar-refractivity contribution in [3.8, 4) is 0 Å². The standard InChI is InChI=1S/C9H15N5O/c1-14-8(5-11-13-14)4-10-6-9(15)12-7-2-3-7/h5,7,10H,2-4,6H2,1H3,(H,12,15). The number of nitrogens with zero attached hydrogens (tertiary/aromatic N) is 3. The molecule has 1 aliphatic carbocycles. The molecule has 1 amide bonds. The summed E-state index contributed by atoms with van der Waals surface area (Å²) in [5, 5.41) is 13.5. The zero-order valence-electron chi connectivity index (χ0n) is 8.73. The lowest BCUT2D eigenvalue weighted by molar-refractivity contribution is -0.120. The molecule has 6 nitrogen and oxygen atoms in total. The number of aromatic nitrogens is 3. The summed E-state index contributed by atoms with van der Waals surface area (Å²) < 4.78 is 1.69. The summed E-state index contributed by atoms with van der Waals surface area (Å²) in [5.41, 5.74) is 0.967. The second-order valence-electron chi connectivity index (χ2n) is 3.79. The summed E-state index contributed by atoms with van der Waals surface area (Å²) in [5.74, 6) is 0.0626. The number of amides is 1. The molecule has 2 rings (SSSR count). The van der Waals surface area contributed by atoms with Crippen LogP contribution in [0.5, 0.6) is 0 Å². The molecule has 0 saturated heterocycles. The fourth-order valence-corrected chi connectivity index (χ4v) is 1.28. The maximum absolute atomic E-state index is 11.3. The van der Waals surface area contributed by atoms with Crippen LogP contribution < -0.4 is 10.6 Å². The van der Waals surface area contributed by atoms with Gasteiger partial charge in [-0.1, -0.05) is 5.21 Å². The monoisotopic (exact) mass is 209 g/mol. The van der Waals surface area contributed by atoms with Gasteiger partial charge in [-0.3, -0.25) is 9.48 Å². The van der Waals surface area contributed by atoms with E-state index in [1.165, 1.54) is 0 Å². The third-order valence-electron chi connectivity index (χ3n) is 2.34. The summed E-state index contributed by atoms with van der Waals surface area (Å²) in [6.07, 6.45) is 3.93. The maximum atomic E-state index is 11.3. The van der Waals surface area contributed by atoms with E-state index in [1.807, 2.05) is 7.05 Å². The first-order valence-corrected chi connectivity index (χ1v) is 5.09. The van der Waals surface area contributed by atoms with Gasteiger partial charge in [0.15, 0.2) is 0 Å². The number of carbonyl (C=O) groups is 1. The Hall–Kier alpha value is -1.43. The minimum atomic E-state index is 0.0626. The predicted octanol–water partition coefficient (Wildman–Crippen LogP) is -0.817. The molecule has 0 bridgehead atoms. The Bertz CT molecular complexity index is 344. The molecule has 0 radical (unpaired) electrons. The summed E-state index contributed by atoms with van der Waals surface area (Å²) in [6.45, 7) is 0.962. The van der Waals surface area contributed by atoms with Gasteiger partial charge in [-0.25, -0.2) is 0 Å². The van der Waals surface area contributed by atoms with Crippen molar-refractivity contribution in [1.29, 1.82) is 0 Å². The fraction of sp³-hybridized carbons (Fsp3) is 0.667. The molecule has 0 unspecified atom stereocenters. The van der Waals surface area contributed by atoms with E-state index in [4.69, 9.17) is 0 Å². The quantitative estimate of drug-likeness (QED) is 0.665. The van der Waals surface area contributed by atoms with Crippen molar-refractivity contribution in [2.24, 2.45) is 7.05 Å². The predicted molar refractivity (Wildman–Crippen MR) is 53.9 cm³/mol. The van der Waals surface area contributed by atoms with E-state index in [9.17, 15) is 4.79 Å². The largest absolute Gasteiger partial charge is 0.352 e. The molecule has 1 fully saturated rings. The van der Waals surface area contributed by atoms with Crippen molar-refractivity contribution < 1.29 is 4.79 Å². The lowest BCUT2D eigenvalue weighted by atomic mass is 10.4. The third kappa shape index (κ3) is 3.02. The Morgan fingerprint density at radius 3 is 3.07 bits per heavy atom. The van der Waals surface area contributed by atoms with E-state index in [0.29, 0.717) is 19.1 Å². The first-order chi connectivity index (χ1) is 7.25. The van der Waals surface area contributed by atoms with Gasteiger partial charge in [-0.2, -0.15) is 0 Å². The third-order valence-corrected chi connectivity index (χ3v) is 2.34. The van der Waals surface area contributed by atoms with E-state index in [1.54, 1.807) is 10.9 Å². The first kappa shape index (κ1) is 10.1. The molecule has 6 heteroatoms. The highest BCUT2D eigenvalue weighted by Crippen LogP contribution is 2.18. The number of aryl methyl sites for hydroxylation is 1. The molecular formula is C9H15N5O. The van der Waals surface area contributed by atoms with E-state index < -0.39 is 0 Å². The minimum absolute atomic E-state index is 0.0626. The van der Waals surface area contributed by atoms with Crippen molar-refractivity contribution in [1.82, 2.24) is 25.6 Å². The molecule has 1 aromatic heterocycles. The SMILES string of the molecule is Cn1nncc1CNCC(=O)NC1CC1. The summed E-state index contributed by atoms with van der Waals surface area (Å²) in [7, 11) is 1.83. The average Bonchev–Trinajstić information content (AvgIpc) is 2.91. The lowest BCUT2D eigenvalue weighted by Gasteiger charge is -2.05. The van der Waals surface area contributed by atoms with Crippen LogP contribution in [0.15, 0.2) is 6.20 Å². The average molecular weight is 209 g/mol. The summed E-state index contributed by atoms with van der Waals surface area (Å²) in [4.78, 5) is 11.3. The number of nitrogens with one attached hydrogen (secondary N) is 2. The molecular weight excluding hydrogens is 194 g/mol. The van der Waals surface area contributed by atoms with Crippen LogP contribution in [0.25, 0.3) is 0 Å². The van der Waals surface area contributed by atoms with Crippen LogP contribution in [0, 0.1) is 0 Å². The highest BCUT2D eigenvalue weighted by Gasteiger charge is 2.22. The van der Waals surface area contributed by atoms with E-state index in [2.05, 4.69) is 20.9 Å². The van der Waals surface area contributed by atoms with Crippen LogP contribution in [0.1, 0.15) is 18.5 Å². The Morgan fingerprint density at radius 2 is 2.47 bits per heavy atom. The molecule has 0 atom stereocenters. The topological polar surface area (TPSA) is 71.8 Å². The second kappa shape index (κ2) is 4.39. The molecule has 1 saturated carbocycles. The molecule has 0 spiro atoms. The normalized spacial score (nSPS) is 15.3. The van der Waals surface area contributed by atoms with Gasteiger partial charge >= 0.3 is 0 Å². The van der Waals surface area contributed by atoms with Crippen molar-refractivity contribution >= 4 is 5.91 Å². The maximum Gasteiger partial charge on any atom is 0.234 e. The Kier molecular flexibility index (Phi) is 2.96. The van der Waals surface area contributed by atoms with Crippen LogP contribution in [-0.4, -0.2) is 33.5 Å². The Labute approximate surface area is 88.0 Å². The minimum Gasteiger partial charge on any atom is -0.352 e. The molecule has 0 aliphatic heterocycles. The first-order valence-electron chi connectivity index (χ1n) is 5.09. The van der Waals surface area contributed by atoms with Crippen LogP contribution in [0.3, 0.4) is 0 Å². The van der Waals surface area contributed by atoms with Crippen molar-refractivity contribution in [3.05, 3.63) is 11.9 Å². The number of carbonyl (C=O) groups excluding carboxylic acids is 1. The van der Waals surface area contributed by atoms with Gasteiger partial charge in [0.1, 0.15) is 0 Å². The van der Waals surface area contributed by atoms with Crippen LogP contribution >= 0.6 is 0 Å². The van der Waals surface area contributed by atoms with Gasteiger partial charge < -0.3 is 10.6 Å². The van der Waals surface area contributed by atoms with E-state index >= 15 is 0 Å². The fourth-order valence-electron chi connectivity index (χ4n) is 1.28. The molecule has 1 aromatic rings. The summed E-state index contributed by atoms with van der Waals surface area (Å²) in [6, 6.07) is 0.428. The molecule has 15 heavy (non-hydrogen) atoms. The van der Waals surface area contributed by atoms with Gasteiger partial charge in [0, 0.05) is 19.6 Å². The zero-order chi connectivity index (χ0) is 10.7. The van der Waals surface area contributed by atoms with Crippen molar-refractivity contribution in [2.75, 3.05) is 6.54 Å².